The third-order valence-electron chi connectivity index (χ3n) is 5.15. The second-order valence-electron chi connectivity index (χ2n) is 7.93. The molecule has 0 aromatic carbocycles. The molecule has 4 N–H and O–H groups in total. The molecule has 0 spiro atoms. The number of unbranched alkanes of at least 4 members (excludes halogenated alkanes) is 2. The van der Waals surface area contributed by atoms with Gasteiger partial charge < -0.3 is 35.5 Å². The average molecular weight is 454 g/mol. The van der Waals surface area contributed by atoms with Crippen molar-refractivity contribution in [3.8, 4) is 0 Å². The van der Waals surface area contributed by atoms with Gasteiger partial charge in [-0.05, 0) is 25.7 Å². The summed E-state index contributed by atoms with van der Waals surface area (Å²) in [4.78, 5) is 16.3. The zero-order valence-corrected chi connectivity index (χ0v) is 20.0. The fourth-order valence-electron chi connectivity index (χ4n) is 3.32. The first-order valence-corrected chi connectivity index (χ1v) is 12.2. The minimum atomic E-state index is 0.220. The van der Waals surface area contributed by atoms with E-state index in [0.717, 1.165) is 64.2 Å². The summed E-state index contributed by atoms with van der Waals surface area (Å²) < 4.78 is 16.6. The predicted molar refractivity (Wildman–Crippen MR) is 129 cm³/mol. The fraction of sp³-hybridized carbons (Fsp3) is 0.864. The molecule has 0 radical (unpaired) electrons. The Labute approximate surface area is 193 Å². The molecule has 10 heteroatoms. The number of anilines is 3. The van der Waals surface area contributed by atoms with E-state index in [0.29, 0.717) is 58.0 Å². The third kappa shape index (κ3) is 10.7. The van der Waals surface area contributed by atoms with Gasteiger partial charge in [-0.15, -0.1) is 0 Å². The molecule has 1 saturated heterocycles. The SMILES string of the molecule is CCCCN(CCCC)c1nc(NCCOCCOCCN)nc(NCC2CCCO2)n1. The number of hydrogen-bond donors (Lipinski definition) is 3. The molecule has 1 aliphatic rings. The van der Waals surface area contributed by atoms with Gasteiger partial charge in [-0.3, -0.25) is 0 Å². The van der Waals surface area contributed by atoms with Crippen molar-refractivity contribution >= 4 is 17.8 Å². The Balaban J connectivity index is 1.96. The van der Waals surface area contributed by atoms with Gasteiger partial charge in [-0.25, -0.2) is 0 Å². The largest absolute Gasteiger partial charge is 0.378 e. The number of nitrogens with one attached hydrogen (secondary N) is 2. The lowest BCUT2D eigenvalue weighted by Gasteiger charge is -2.23. The summed E-state index contributed by atoms with van der Waals surface area (Å²) in [6.45, 7) is 11.2. The molecule has 0 bridgehead atoms. The van der Waals surface area contributed by atoms with Crippen LogP contribution in [0.5, 0.6) is 0 Å². The lowest BCUT2D eigenvalue weighted by Crippen LogP contribution is -2.29. The van der Waals surface area contributed by atoms with Gasteiger partial charge in [0.2, 0.25) is 17.8 Å². The average Bonchev–Trinajstić information content (AvgIpc) is 3.33. The molecule has 0 aliphatic carbocycles. The molecule has 0 saturated carbocycles. The molecule has 1 fully saturated rings. The first kappa shape index (κ1) is 26.5. The highest BCUT2D eigenvalue weighted by molar-refractivity contribution is 5.44. The normalized spacial score (nSPS) is 15.8. The molecular formula is C22H43N7O3. The van der Waals surface area contributed by atoms with Crippen molar-refractivity contribution in [2.24, 2.45) is 5.73 Å². The first-order chi connectivity index (χ1) is 15.8. The molecule has 1 atom stereocenters. The van der Waals surface area contributed by atoms with E-state index in [2.05, 4.69) is 34.4 Å². The molecule has 1 aromatic rings. The summed E-state index contributed by atoms with van der Waals surface area (Å²) in [6.07, 6.45) is 6.89. The van der Waals surface area contributed by atoms with E-state index in [1.54, 1.807) is 0 Å². The minimum Gasteiger partial charge on any atom is -0.378 e. The number of nitrogens with zero attached hydrogens (tertiary/aromatic N) is 4. The standard InChI is InChI=1S/C22H43N7O3/c1-3-5-11-29(12-6-4-2)22-27-20(24-10-15-31-17-16-30-14-9-23)26-21(28-22)25-18-19-8-7-13-32-19/h19H,3-18,23H2,1-2H3,(H2,24,25,26,27,28). The Morgan fingerprint density at radius 2 is 1.66 bits per heavy atom. The van der Waals surface area contributed by atoms with E-state index in [1.165, 1.54) is 0 Å². The third-order valence-corrected chi connectivity index (χ3v) is 5.15. The van der Waals surface area contributed by atoms with Crippen molar-refractivity contribution in [1.29, 1.82) is 0 Å². The zero-order chi connectivity index (χ0) is 22.9. The van der Waals surface area contributed by atoms with E-state index in [9.17, 15) is 0 Å². The van der Waals surface area contributed by atoms with Gasteiger partial charge >= 0.3 is 0 Å². The van der Waals surface area contributed by atoms with Crippen LogP contribution in [0.3, 0.4) is 0 Å². The van der Waals surface area contributed by atoms with Gasteiger partial charge in [0.05, 0.1) is 32.5 Å². The molecule has 32 heavy (non-hydrogen) atoms. The van der Waals surface area contributed by atoms with E-state index in [-0.39, 0.29) is 6.10 Å². The van der Waals surface area contributed by atoms with Crippen LogP contribution in [0.2, 0.25) is 0 Å². The Morgan fingerprint density at radius 3 is 2.28 bits per heavy atom. The second kappa shape index (κ2) is 16.8. The Hall–Kier alpha value is -1.75. The summed E-state index contributed by atoms with van der Waals surface area (Å²) in [6, 6.07) is 0. The molecular weight excluding hydrogens is 410 g/mol. The second-order valence-corrected chi connectivity index (χ2v) is 7.93. The maximum absolute atomic E-state index is 5.72. The van der Waals surface area contributed by atoms with E-state index in [4.69, 9.17) is 29.9 Å². The van der Waals surface area contributed by atoms with Gasteiger partial charge in [0.1, 0.15) is 0 Å². The molecule has 1 aliphatic heterocycles. The fourth-order valence-corrected chi connectivity index (χ4v) is 3.32. The van der Waals surface area contributed by atoms with Crippen LogP contribution in [0.25, 0.3) is 0 Å². The lowest BCUT2D eigenvalue weighted by molar-refractivity contribution is 0.0547. The highest BCUT2D eigenvalue weighted by atomic mass is 16.5. The summed E-state index contributed by atoms with van der Waals surface area (Å²) in [5, 5.41) is 6.63. The summed E-state index contributed by atoms with van der Waals surface area (Å²) in [5.74, 6) is 1.86. The number of ether oxygens (including phenoxy) is 3. The maximum Gasteiger partial charge on any atom is 0.231 e. The zero-order valence-electron chi connectivity index (χ0n) is 20.0. The Morgan fingerprint density at radius 1 is 0.969 bits per heavy atom. The van der Waals surface area contributed by atoms with Gasteiger partial charge in [0.25, 0.3) is 0 Å². The first-order valence-electron chi connectivity index (χ1n) is 12.2. The van der Waals surface area contributed by atoms with Gasteiger partial charge in [-0.2, -0.15) is 15.0 Å². The lowest BCUT2D eigenvalue weighted by atomic mass is 10.2. The van der Waals surface area contributed by atoms with Crippen LogP contribution < -0.4 is 21.3 Å². The number of nitrogens with two attached hydrogens (primary N) is 1. The van der Waals surface area contributed by atoms with Crippen LogP contribution in [0.4, 0.5) is 17.8 Å². The molecule has 2 rings (SSSR count). The van der Waals surface area contributed by atoms with Crippen LogP contribution >= 0.6 is 0 Å². The van der Waals surface area contributed by atoms with Crippen LogP contribution in [0.15, 0.2) is 0 Å². The van der Waals surface area contributed by atoms with Crippen molar-refractivity contribution in [2.75, 3.05) is 81.3 Å². The van der Waals surface area contributed by atoms with Crippen molar-refractivity contribution in [1.82, 2.24) is 15.0 Å². The number of aromatic nitrogens is 3. The molecule has 2 heterocycles. The molecule has 1 unspecified atom stereocenters. The highest BCUT2D eigenvalue weighted by Crippen LogP contribution is 2.17. The minimum absolute atomic E-state index is 0.220. The monoisotopic (exact) mass is 453 g/mol. The molecule has 10 nitrogen and oxygen atoms in total. The van der Waals surface area contributed by atoms with E-state index >= 15 is 0 Å². The summed E-state index contributed by atoms with van der Waals surface area (Å²) in [5.41, 5.74) is 5.40. The highest BCUT2D eigenvalue weighted by Gasteiger charge is 2.17. The van der Waals surface area contributed by atoms with Crippen molar-refractivity contribution < 1.29 is 14.2 Å². The molecule has 0 amide bonds. The molecule has 184 valence electrons. The van der Waals surface area contributed by atoms with Crippen LogP contribution in [0, 0.1) is 0 Å². The maximum atomic E-state index is 5.72. The van der Waals surface area contributed by atoms with Gasteiger partial charge in [0.15, 0.2) is 0 Å². The topological polar surface area (TPSA) is 120 Å². The van der Waals surface area contributed by atoms with Crippen LogP contribution in [-0.2, 0) is 14.2 Å². The smallest absolute Gasteiger partial charge is 0.231 e. The summed E-state index contributed by atoms with van der Waals surface area (Å²) in [7, 11) is 0. The van der Waals surface area contributed by atoms with Gasteiger partial charge in [0, 0.05) is 39.3 Å². The predicted octanol–water partition coefficient (Wildman–Crippen LogP) is 2.27. The Bertz CT molecular complexity index is 595. The van der Waals surface area contributed by atoms with Crippen LogP contribution in [-0.4, -0.2) is 86.8 Å². The quantitative estimate of drug-likeness (QED) is 0.269. The van der Waals surface area contributed by atoms with Crippen molar-refractivity contribution in [2.45, 2.75) is 58.5 Å². The van der Waals surface area contributed by atoms with Crippen molar-refractivity contribution in [3.05, 3.63) is 0 Å². The van der Waals surface area contributed by atoms with Crippen LogP contribution in [0.1, 0.15) is 52.4 Å². The summed E-state index contributed by atoms with van der Waals surface area (Å²) >= 11 is 0. The number of hydrogen-bond acceptors (Lipinski definition) is 10. The van der Waals surface area contributed by atoms with E-state index < -0.39 is 0 Å². The molecule has 1 aromatic heterocycles. The van der Waals surface area contributed by atoms with Crippen molar-refractivity contribution in [3.63, 3.8) is 0 Å². The Kier molecular flexibility index (Phi) is 13.9. The number of rotatable bonds is 19. The van der Waals surface area contributed by atoms with Gasteiger partial charge in [-0.1, -0.05) is 26.7 Å². The van der Waals surface area contributed by atoms with E-state index in [1.807, 2.05) is 0 Å².